The highest BCUT2D eigenvalue weighted by Crippen LogP contribution is 2.29. The molecule has 0 radical (unpaired) electrons. The first kappa shape index (κ1) is 26.5. The summed E-state index contributed by atoms with van der Waals surface area (Å²) in [5, 5.41) is 15.3. The molecule has 0 spiro atoms. The van der Waals surface area contributed by atoms with E-state index in [4.69, 9.17) is 14.6 Å². The Morgan fingerprint density at radius 2 is 1.68 bits per heavy atom. The van der Waals surface area contributed by atoms with Crippen LogP contribution in [0.1, 0.15) is 23.1 Å². The number of hydrogen-bond acceptors (Lipinski definition) is 5. The van der Waals surface area contributed by atoms with Crippen LogP contribution >= 0.6 is 24.8 Å². The average molecular weight is 431 g/mol. The number of rotatable bonds is 12. The summed E-state index contributed by atoms with van der Waals surface area (Å²) in [6.07, 6.45) is 1.02. The van der Waals surface area contributed by atoms with E-state index in [9.17, 15) is 0 Å². The highest BCUT2D eigenvalue weighted by molar-refractivity contribution is 5.85. The van der Waals surface area contributed by atoms with Gasteiger partial charge < -0.3 is 25.2 Å². The fourth-order valence-electron chi connectivity index (χ4n) is 2.64. The van der Waals surface area contributed by atoms with Crippen molar-refractivity contribution in [2.75, 3.05) is 33.4 Å². The third-order valence-corrected chi connectivity index (χ3v) is 4.20. The third-order valence-electron chi connectivity index (χ3n) is 4.20. The molecule has 0 heterocycles. The highest BCUT2D eigenvalue weighted by Gasteiger charge is 2.07. The second-order valence-corrected chi connectivity index (χ2v) is 6.20. The molecular formula is C21H32Cl2N2O3. The first-order chi connectivity index (χ1) is 12.7. The van der Waals surface area contributed by atoms with Crippen LogP contribution in [0.25, 0.3) is 0 Å². The number of aliphatic hydroxyl groups is 1. The zero-order chi connectivity index (χ0) is 18.6. The van der Waals surface area contributed by atoms with E-state index in [0.29, 0.717) is 13.2 Å². The van der Waals surface area contributed by atoms with Gasteiger partial charge in [-0.15, -0.1) is 24.8 Å². The zero-order valence-corrected chi connectivity index (χ0v) is 18.2. The van der Waals surface area contributed by atoms with Crippen molar-refractivity contribution in [3.8, 4) is 11.5 Å². The van der Waals surface area contributed by atoms with Crippen molar-refractivity contribution in [1.29, 1.82) is 0 Å². The Bertz CT molecular complexity index is 672. The molecule has 0 fully saturated rings. The number of methoxy groups -OCH3 is 1. The smallest absolute Gasteiger partial charge is 0.161 e. The lowest BCUT2D eigenvalue weighted by Gasteiger charge is -2.13. The maximum absolute atomic E-state index is 8.71. The number of hydrogen-bond donors (Lipinski definition) is 3. The van der Waals surface area contributed by atoms with Crippen LogP contribution in [0.4, 0.5) is 0 Å². The van der Waals surface area contributed by atoms with Gasteiger partial charge in [0.2, 0.25) is 0 Å². The lowest BCUT2D eigenvalue weighted by atomic mass is 10.1. The Balaban J connectivity index is 0.00000364. The summed E-state index contributed by atoms with van der Waals surface area (Å²) in [6.45, 7) is 6.07. The molecule has 0 aliphatic rings. The van der Waals surface area contributed by atoms with Gasteiger partial charge in [0.15, 0.2) is 11.5 Å². The van der Waals surface area contributed by atoms with Crippen LogP contribution in [0.2, 0.25) is 0 Å². The molecule has 0 saturated heterocycles. The van der Waals surface area contributed by atoms with Crippen LogP contribution in [-0.2, 0) is 13.2 Å². The summed E-state index contributed by atoms with van der Waals surface area (Å²) in [5.74, 6) is 1.51. The van der Waals surface area contributed by atoms with Crippen LogP contribution in [-0.4, -0.2) is 38.5 Å². The van der Waals surface area contributed by atoms with Gasteiger partial charge in [0.25, 0.3) is 0 Å². The van der Waals surface area contributed by atoms with Gasteiger partial charge in [-0.25, -0.2) is 0 Å². The van der Waals surface area contributed by atoms with E-state index >= 15 is 0 Å². The zero-order valence-electron chi connectivity index (χ0n) is 16.6. The summed E-state index contributed by atoms with van der Waals surface area (Å²) >= 11 is 0. The Kier molecular flexibility index (Phi) is 14.6. The number of benzene rings is 2. The van der Waals surface area contributed by atoms with E-state index in [1.165, 1.54) is 11.1 Å². The van der Waals surface area contributed by atoms with Gasteiger partial charge in [0, 0.05) is 13.1 Å². The molecule has 158 valence electrons. The maximum Gasteiger partial charge on any atom is 0.161 e. The molecule has 0 unspecified atom stereocenters. The van der Waals surface area contributed by atoms with Crippen molar-refractivity contribution < 1.29 is 14.6 Å². The summed E-state index contributed by atoms with van der Waals surface area (Å²) in [7, 11) is 1.67. The second kappa shape index (κ2) is 15.4. The van der Waals surface area contributed by atoms with Crippen LogP contribution in [0.15, 0.2) is 42.5 Å². The Morgan fingerprint density at radius 1 is 0.929 bits per heavy atom. The molecule has 2 aromatic carbocycles. The molecule has 2 rings (SSSR count). The minimum absolute atomic E-state index is 0. The predicted octanol–water partition coefficient (Wildman–Crippen LogP) is 3.49. The lowest BCUT2D eigenvalue weighted by Crippen LogP contribution is -2.23. The molecular weight excluding hydrogens is 399 g/mol. The molecule has 0 aromatic heterocycles. The number of aryl methyl sites for hydroxylation is 1. The second-order valence-electron chi connectivity index (χ2n) is 6.20. The molecule has 0 atom stereocenters. The summed E-state index contributed by atoms with van der Waals surface area (Å²) < 4.78 is 11.4. The van der Waals surface area contributed by atoms with Crippen molar-refractivity contribution in [3.63, 3.8) is 0 Å². The largest absolute Gasteiger partial charge is 0.493 e. The van der Waals surface area contributed by atoms with E-state index in [1.807, 2.05) is 24.3 Å². The number of halogens is 2. The molecule has 2 aromatic rings. The van der Waals surface area contributed by atoms with Crippen molar-refractivity contribution in [2.24, 2.45) is 0 Å². The van der Waals surface area contributed by atoms with E-state index in [-0.39, 0.29) is 31.4 Å². The number of ether oxygens (including phenoxy) is 2. The molecule has 0 aliphatic heterocycles. The Labute approximate surface area is 180 Å². The Morgan fingerprint density at radius 3 is 2.39 bits per heavy atom. The van der Waals surface area contributed by atoms with Crippen molar-refractivity contribution in [2.45, 2.75) is 26.5 Å². The average Bonchev–Trinajstić information content (AvgIpc) is 2.67. The predicted molar refractivity (Wildman–Crippen MR) is 119 cm³/mol. The third kappa shape index (κ3) is 9.13. The molecule has 3 N–H and O–H groups in total. The summed E-state index contributed by atoms with van der Waals surface area (Å²) in [6, 6.07) is 14.3. The van der Waals surface area contributed by atoms with Gasteiger partial charge in [-0.2, -0.15) is 0 Å². The molecule has 7 heteroatoms. The first-order valence-electron chi connectivity index (χ1n) is 9.11. The van der Waals surface area contributed by atoms with Crippen LogP contribution in [0.5, 0.6) is 11.5 Å². The normalized spacial score (nSPS) is 9.96. The van der Waals surface area contributed by atoms with Gasteiger partial charge in [-0.1, -0.05) is 30.3 Å². The molecule has 0 saturated carbocycles. The minimum atomic E-state index is 0. The van der Waals surface area contributed by atoms with Gasteiger partial charge in [0.05, 0.1) is 13.7 Å². The lowest BCUT2D eigenvalue weighted by molar-refractivity contribution is 0.283. The van der Waals surface area contributed by atoms with E-state index < -0.39 is 0 Å². The summed E-state index contributed by atoms with van der Waals surface area (Å²) in [5.41, 5.74) is 3.56. The fourth-order valence-corrected chi connectivity index (χ4v) is 2.64. The van der Waals surface area contributed by atoms with Gasteiger partial charge >= 0.3 is 0 Å². The topological polar surface area (TPSA) is 62.8 Å². The van der Waals surface area contributed by atoms with Gasteiger partial charge in [-0.05, 0) is 55.3 Å². The summed E-state index contributed by atoms with van der Waals surface area (Å²) in [4.78, 5) is 0. The van der Waals surface area contributed by atoms with Gasteiger partial charge in [0.1, 0.15) is 6.61 Å². The molecule has 28 heavy (non-hydrogen) atoms. The quantitative estimate of drug-likeness (QED) is 0.449. The van der Waals surface area contributed by atoms with Crippen molar-refractivity contribution >= 4 is 24.8 Å². The SMILES string of the molecule is COc1cc(CNCCCNCCO)ccc1OCc1ccccc1C.Cl.Cl. The molecule has 0 bridgehead atoms. The van der Waals surface area contributed by atoms with Crippen LogP contribution in [0, 0.1) is 6.92 Å². The minimum Gasteiger partial charge on any atom is -0.493 e. The molecule has 0 aliphatic carbocycles. The van der Waals surface area contributed by atoms with E-state index in [1.54, 1.807) is 7.11 Å². The van der Waals surface area contributed by atoms with E-state index in [2.05, 4.69) is 35.8 Å². The number of aliphatic hydroxyl groups excluding tert-OH is 1. The van der Waals surface area contributed by atoms with Crippen LogP contribution < -0.4 is 20.1 Å². The highest BCUT2D eigenvalue weighted by atomic mass is 35.5. The van der Waals surface area contributed by atoms with Crippen LogP contribution in [0.3, 0.4) is 0 Å². The fraction of sp³-hybridized carbons (Fsp3) is 0.429. The molecule has 5 nitrogen and oxygen atoms in total. The first-order valence-corrected chi connectivity index (χ1v) is 9.11. The molecule has 0 amide bonds. The monoisotopic (exact) mass is 430 g/mol. The van der Waals surface area contributed by atoms with Gasteiger partial charge in [-0.3, -0.25) is 0 Å². The van der Waals surface area contributed by atoms with Crippen molar-refractivity contribution in [3.05, 3.63) is 59.2 Å². The standard InChI is InChI=1S/C21H30N2O3.2ClH/c1-17-6-3-4-7-19(17)16-26-20-9-8-18(14-21(20)25-2)15-23-11-5-10-22-12-13-24;;/h3-4,6-9,14,22-24H,5,10-13,15-16H2,1-2H3;2*1H. The Hall–Kier alpha value is -1.50. The number of nitrogens with one attached hydrogen (secondary N) is 2. The van der Waals surface area contributed by atoms with Crippen molar-refractivity contribution in [1.82, 2.24) is 10.6 Å². The maximum atomic E-state index is 8.71. The van der Waals surface area contributed by atoms with E-state index in [0.717, 1.165) is 43.1 Å².